The zero-order chi connectivity index (χ0) is 11.0. The van der Waals surface area contributed by atoms with Crippen molar-refractivity contribution in [3.63, 3.8) is 0 Å². The number of rotatable bonds is 8. The van der Waals surface area contributed by atoms with E-state index >= 15 is 0 Å². The van der Waals surface area contributed by atoms with Crippen LogP contribution >= 0.6 is 0 Å². The first-order valence-corrected chi connectivity index (χ1v) is 5.50. The van der Waals surface area contributed by atoms with Crippen LogP contribution in [0.1, 0.15) is 12.8 Å². The van der Waals surface area contributed by atoms with Crippen LogP contribution in [0, 0.1) is 0 Å². The van der Waals surface area contributed by atoms with Gasteiger partial charge in [0.2, 0.25) is 0 Å². The Morgan fingerprint density at radius 2 is 0.824 bits per heavy atom. The van der Waals surface area contributed by atoms with E-state index in [1.165, 1.54) is 39.0 Å². The van der Waals surface area contributed by atoms with Crippen molar-refractivity contribution in [2.24, 2.45) is 0 Å². The van der Waals surface area contributed by atoms with Gasteiger partial charge >= 0.3 is 0 Å². The molecule has 0 aliphatic carbocycles. The Bertz CT molecular complexity index is 115. The summed E-state index contributed by atoms with van der Waals surface area (Å²) in [5.74, 6) is 0. The van der Waals surface area contributed by atoms with Gasteiger partial charge in [-0.15, -0.1) is 0 Å². The maximum absolute atomic E-state index is 2.42. The minimum absolute atomic E-state index is 0. The van der Waals surface area contributed by atoms with Crippen LogP contribution in [-0.4, -0.2) is 76.1 Å². The molecule has 9 N–H and O–H groups in total. The summed E-state index contributed by atoms with van der Waals surface area (Å²) in [7, 11) is 10.7. The molecule has 0 heterocycles. The predicted octanol–water partition coefficient (Wildman–Crippen LogP) is 1.31. The van der Waals surface area contributed by atoms with Crippen LogP contribution in [-0.2, 0) is 0 Å². The fraction of sp³-hybridized carbons (Fsp3) is 1.00. The minimum atomic E-state index is 0. The molecule has 17 heavy (non-hydrogen) atoms. The molecular weight excluding hydrogens is 216 g/mol. The second-order valence-electron chi connectivity index (χ2n) is 4.62. The first-order valence-electron chi connectivity index (χ1n) is 5.50. The van der Waals surface area contributed by atoms with Gasteiger partial charge in [0.15, 0.2) is 0 Å². The summed E-state index contributed by atoms with van der Waals surface area (Å²) in [6, 6.07) is 0. The Labute approximate surface area is 108 Å². The minimum Gasteiger partial charge on any atom is -0.344 e. The molecule has 0 radical (unpaired) electrons. The van der Waals surface area contributed by atoms with Crippen molar-refractivity contribution in [2.75, 3.05) is 61.4 Å². The van der Waals surface area contributed by atoms with Crippen LogP contribution in [0.5, 0.6) is 0 Å². The molecule has 0 spiro atoms. The lowest BCUT2D eigenvalue weighted by molar-refractivity contribution is 0.281. The third-order valence-corrected chi connectivity index (χ3v) is 2.29. The monoisotopic (exact) mass is 252 g/mol. The molecule has 0 rings (SSSR count). The van der Waals surface area contributed by atoms with Gasteiger partial charge in [0.05, 0.1) is 0 Å². The molecule has 0 amide bonds. The first-order chi connectivity index (χ1) is 6.52. The van der Waals surface area contributed by atoms with Gasteiger partial charge in [-0.25, -0.2) is 0 Å². The van der Waals surface area contributed by atoms with E-state index in [9.17, 15) is 0 Å². The van der Waals surface area contributed by atoms with Crippen molar-refractivity contribution < 1.29 is 0 Å². The zero-order valence-electron chi connectivity index (χ0n) is 12.7. The second-order valence-corrected chi connectivity index (χ2v) is 4.62. The van der Waals surface area contributed by atoms with Crippen LogP contribution in [0.25, 0.3) is 0 Å². The number of hydrogen-bond donors (Lipinski definition) is 3. The quantitative estimate of drug-likeness (QED) is 0.600. The molecule has 6 heteroatoms. The van der Waals surface area contributed by atoms with Gasteiger partial charge in [-0.2, -0.15) is 0 Å². The molecule has 0 saturated carbocycles. The van der Waals surface area contributed by atoms with Gasteiger partial charge in [-0.3, -0.25) is 0 Å². The molecule has 0 fully saturated rings. The topological polar surface area (TPSA) is 115 Å². The highest BCUT2D eigenvalue weighted by atomic mass is 15.1. The van der Waals surface area contributed by atoms with E-state index < -0.39 is 0 Å². The van der Waals surface area contributed by atoms with E-state index in [0.717, 1.165) is 0 Å². The Morgan fingerprint density at radius 3 is 1.06 bits per heavy atom. The van der Waals surface area contributed by atoms with Gasteiger partial charge < -0.3 is 33.2 Å². The summed E-state index contributed by atoms with van der Waals surface area (Å²) < 4.78 is 0. The largest absolute Gasteiger partial charge is 0.344 e. The lowest BCUT2D eigenvalue weighted by Gasteiger charge is -2.19. The van der Waals surface area contributed by atoms with Crippen LogP contribution in [0.3, 0.4) is 0 Å². The molecule has 0 atom stereocenters. The summed E-state index contributed by atoms with van der Waals surface area (Å²) >= 11 is 0. The predicted molar refractivity (Wildman–Crippen MR) is 78.9 cm³/mol. The summed E-state index contributed by atoms with van der Waals surface area (Å²) in [6.45, 7) is 4.81. The highest BCUT2D eigenvalue weighted by Gasteiger charge is 1.99. The Balaban J connectivity index is -0.000000282. The Morgan fingerprint density at radius 1 is 0.529 bits per heavy atom. The number of nitrogens with zero attached hydrogens (tertiary/aromatic N) is 3. The van der Waals surface area contributed by atoms with Crippen molar-refractivity contribution in [3.05, 3.63) is 0 Å². The van der Waals surface area contributed by atoms with E-state index in [-0.39, 0.29) is 18.5 Å². The molecule has 110 valence electrons. The van der Waals surface area contributed by atoms with Crippen molar-refractivity contribution in [3.8, 4) is 0 Å². The van der Waals surface area contributed by atoms with Crippen molar-refractivity contribution >= 4 is 0 Å². The standard InChI is InChI=1S/C11H27N3.3H3N/c1-12(2)8-6-10-14(5)11-7-9-13(3)4;;;/h6-11H2,1-5H3;3*1H3. The van der Waals surface area contributed by atoms with E-state index in [2.05, 4.69) is 49.9 Å². The number of hydrogen-bond acceptors (Lipinski definition) is 6. The van der Waals surface area contributed by atoms with Gasteiger partial charge in [0.1, 0.15) is 0 Å². The fourth-order valence-electron chi connectivity index (χ4n) is 1.43. The molecule has 0 aromatic carbocycles. The van der Waals surface area contributed by atoms with Crippen LogP contribution < -0.4 is 18.5 Å². The van der Waals surface area contributed by atoms with Crippen LogP contribution in [0.2, 0.25) is 0 Å². The summed E-state index contributed by atoms with van der Waals surface area (Å²) in [5, 5.41) is 0. The van der Waals surface area contributed by atoms with Gasteiger partial charge in [0, 0.05) is 0 Å². The Hall–Kier alpha value is -0.240. The Kier molecular flexibility index (Phi) is 23.7. The summed E-state index contributed by atoms with van der Waals surface area (Å²) in [6.07, 6.45) is 2.54. The van der Waals surface area contributed by atoms with E-state index in [1.54, 1.807) is 0 Å². The molecule has 0 aromatic heterocycles. The van der Waals surface area contributed by atoms with Crippen LogP contribution in [0.4, 0.5) is 0 Å². The van der Waals surface area contributed by atoms with Crippen LogP contribution in [0.15, 0.2) is 0 Å². The molecule has 0 unspecified atom stereocenters. The SMILES string of the molecule is CN(C)CCCN(C)CCCN(C)C.N.N.N. The molecule has 6 nitrogen and oxygen atoms in total. The summed E-state index contributed by atoms with van der Waals surface area (Å²) in [5.41, 5.74) is 0. The lowest BCUT2D eigenvalue weighted by Crippen LogP contribution is -2.26. The van der Waals surface area contributed by atoms with Gasteiger partial charge in [-0.05, 0) is 74.3 Å². The zero-order valence-corrected chi connectivity index (χ0v) is 12.7. The van der Waals surface area contributed by atoms with Crippen molar-refractivity contribution in [1.82, 2.24) is 33.2 Å². The van der Waals surface area contributed by atoms with Gasteiger partial charge in [-0.1, -0.05) is 0 Å². The normalized spacial score (nSPS) is 9.88. The van der Waals surface area contributed by atoms with Crippen molar-refractivity contribution in [2.45, 2.75) is 12.8 Å². The first kappa shape index (κ1) is 25.6. The highest BCUT2D eigenvalue weighted by molar-refractivity contribution is 4.55. The third-order valence-electron chi connectivity index (χ3n) is 2.29. The maximum atomic E-state index is 2.42. The van der Waals surface area contributed by atoms with E-state index in [1.807, 2.05) is 0 Å². The average Bonchev–Trinajstić information content (AvgIpc) is 2.02. The fourth-order valence-corrected chi connectivity index (χ4v) is 1.43. The highest BCUT2D eigenvalue weighted by Crippen LogP contribution is 1.92. The third kappa shape index (κ3) is 21.6. The van der Waals surface area contributed by atoms with E-state index in [4.69, 9.17) is 0 Å². The smallest absolute Gasteiger partial charge is 0.000959 e. The maximum Gasteiger partial charge on any atom is -0.000959 e. The summed E-state index contributed by atoms with van der Waals surface area (Å²) in [4.78, 5) is 6.91. The average molecular weight is 252 g/mol. The molecular formula is C11H36N6. The lowest BCUT2D eigenvalue weighted by atomic mass is 10.3. The molecule has 0 aliphatic heterocycles. The second kappa shape index (κ2) is 15.8. The van der Waals surface area contributed by atoms with Gasteiger partial charge in [0.25, 0.3) is 0 Å². The molecule has 0 aromatic rings. The molecule has 0 aliphatic rings. The molecule has 0 saturated heterocycles. The van der Waals surface area contributed by atoms with E-state index in [0.29, 0.717) is 0 Å². The van der Waals surface area contributed by atoms with Crippen molar-refractivity contribution in [1.29, 1.82) is 0 Å². The molecule has 0 bridgehead atoms.